The monoisotopic (exact) mass is 317 g/mol. The van der Waals surface area contributed by atoms with E-state index in [1.165, 1.54) is 11.8 Å². The van der Waals surface area contributed by atoms with E-state index in [0.717, 1.165) is 21.5 Å². The third-order valence-electron chi connectivity index (χ3n) is 3.26. The number of rotatable bonds is 4. The van der Waals surface area contributed by atoms with Crippen LogP contribution in [0, 0.1) is 12.8 Å². The number of urea groups is 1. The Morgan fingerprint density at radius 2 is 1.95 bits per heavy atom. The topological polar surface area (TPSA) is 85.1 Å². The van der Waals surface area contributed by atoms with Crippen LogP contribution in [0.2, 0.25) is 0 Å². The molecule has 1 atom stereocenters. The van der Waals surface area contributed by atoms with Gasteiger partial charge in [0.2, 0.25) is 5.91 Å². The molecule has 2 aromatic rings. The lowest BCUT2D eigenvalue weighted by atomic mass is 10.1. The number of nitrogens with two attached hydrogens (primary N) is 1. The molecule has 0 bridgehead atoms. The number of hydrogen-bond donors (Lipinski definition) is 2. The van der Waals surface area contributed by atoms with Gasteiger partial charge in [-0.25, -0.2) is 9.78 Å². The van der Waals surface area contributed by atoms with Crippen molar-refractivity contribution in [2.24, 2.45) is 11.7 Å². The summed E-state index contributed by atoms with van der Waals surface area (Å²) in [7, 11) is 0. The minimum Gasteiger partial charge on any atom is -0.351 e. The molecule has 0 aliphatic heterocycles. The summed E-state index contributed by atoms with van der Waals surface area (Å²) in [5.74, 6) is -0.349. The van der Waals surface area contributed by atoms with Crippen LogP contribution < -0.4 is 11.1 Å². The number of aryl methyl sites for hydroxylation is 1. The molecule has 116 valence electrons. The zero-order chi connectivity index (χ0) is 16.3. The van der Waals surface area contributed by atoms with E-state index in [9.17, 15) is 9.59 Å². The number of aromatic nitrogens is 1. The number of fused-ring (bicyclic) bond motifs is 1. The average molecular weight is 317 g/mol. The fourth-order valence-corrected chi connectivity index (χ4v) is 3.29. The summed E-state index contributed by atoms with van der Waals surface area (Å²) in [5, 5.41) is 3.57. The third kappa shape index (κ3) is 3.76. The van der Waals surface area contributed by atoms with Crippen LogP contribution in [0.15, 0.2) is 35.4 Å². The van der Waals surface area contributed by atoms with Gasteiger partial charge in [0.05, 0.1) is 15.8 Å². The molecule has 0 fully saturated rings. The second kappa shape index (κ2) is 6.79. The van der Waals surface area contributed by atoms with Gasteiger partial charge < -0.3 is 5.73 Å². The van der Waals surface area contributed by atoms with E-state index in [1.54, 1.807) is 0 Å². The van der Waals surface area contributed by atoms with E-state index in [0.29, 0.717) is 0 Å². The first kappa shape index (κ1) is 16.3. The maximum atomic E-state index is 12.1. The Balaban J connectivity index is 2.30. The fraction of sp³-hybridized carbons (Fsp3) is 0.312. The third-order valence-corrected chi connectivity index (χ3v) is 4.72. The molecular formula is C16H19N3O2S. The van der Waals surface area contributed by atoms with Gasteiger partial charge in [-0.05, 0) is 30.5 Å². The predicted octanol–water partition coefficient (Wildman–Crippen LogP) is 2.85. The largest absolute Gasteiger partial charge is 0.351 e. The van der Waals surface area contributed by atoms with E-state index >= 15 is 0 Å². The molecular weight excluding hydrogens is 298 g/mol. The molecule has 3 N–H and O–H groups in total. The number of pyridine rings is 1. The van der Waals surface area contributed by atoms with Gasteiger partial charge in [0, 0.05) is 5.39 Å². The fourth-order valence-electron chi connectivity index (χ4n) is 2.19. The van der Waals surface area contributed by atoms with Crippen molar-refractivity contribution in [1.82, 2.24) is 10.3 Å². The maximum absolute atomic E-state index is 12.1. The summed E-state index contributed by atoms with van der Waals surface area (Å²) >= 11 is 1.34. The molecule has 1 heterocycles. The lowest BCUT2D eigenvalue weighted by Gasteiger charge is -2.18. The van der Waals surface area contributed by atoms with Crippen molar-refractivity contribution >= 4 is 34.6 Å². The Kier molecular flexibility index (Phi) is 5.03. The van der Waals surface area contributed by atoms with E-state index < -0.39 is 11.3 Å². The molecule has 0 radical (unpaired) electrons. The number of carbonyl (C=O) groups excluding carboxylic acids is 2. The number of nitrogens with zero attached hydrogens (tertiary/aromatic N) is 1. The lowest BCUT2D eigenvalue weighted by molar-refractivity contribution is -0.120. The standard InChI is InChI=1S/C16H19N3O2S/c1-9(2)14(15(20)19-16(17)21)22-13-8-10(3)11-6-4-5-7-12(11)18-13/h4-9,14H,1-3H3,(H3,17,19,20,21). The highest BCUT2D eigenvalue weighted by Crippen LogP contribution is 2.30. The van der Waals surface area contributed by atoms with E-state index in [-0.39, 0.29) is 11.8 Å². The van der Waals surface area contributed by atoms with Crippen LogP contribution in [0.5, 0.6) is 0 Å². The van der Waals surface area contributed by atoms with E-state index in [4.69, 9.17) is 5.73 Å². The summed E-state index contributed by atoms with van der Waals surface area (Å²) in [6, 6.07) is 9.00. The smallest absolute Gasteiger partial charge is 0.318 e. The van der Waals surface area contributed by atoms with Gasteiger partial charge in [0.25, 0.3) is 0 Å². The molecule has 1 aromatic carbocycles. The van der Waals surface area contributed by atoms with Crippen molar-refractivity contribution in [3.05, 3.63) is 35.9 Å². The van der Waals surface area contributed by atoms with Crippen molar-refractivity contribution in [3.63, 3.8) is 0 Å². The zero-order valence-corrected chi connectivity index (χ0v) is 13.6. The molecule has 6 heteroatoms. The number of carbonyl (C=O) groups is 2. The molecule has 0 spiro atoms. The number of nitrogens with one attached hydrogen (secondary N) is 1. The Hall–Kier alpha value is -2.08. The summed E-state index contributed by atoms with van der Waals surface area (Å²) in [6.07, 6.45) is 0. The van der Waals surface area contributed by atoms with Crippen molar-refractivity contribution in [1.29, 1.82) is 0 Å². The first-order valence-electron chi connectivity index (χ1n) is 7.02. The van der Waals surface area contributed by atoms with Gasteiger partial charge in [-0.2, -0.15) is 0 Å². The lowest BCUT2D eigenvalue weighted by Crippen LogP contribution is -2.42. The molecule has 0 saturated heterocycles. The summed E-state index contributed by atoms with van der Waals surface area (Å²) in [4.78, 5) is 27.6. The summed E-state index contributed by atoms with van der Waals surface area (Å²) in [6.45, 7) is 5.86. The van der Waals surface area contributed by atoms with Gasteiger partial charge in [-0.15, -0.1) is 0 Å². The zero-order valence-electron chi connectivity index (χ0n) is 12.8. The molecule has 22 heavy (non-hydrogen) atoms. The number of para-hydroxylation sites is 1. The Labute approximate surface area is 133 Å². The van der Waals surface area contributed by atoms with Gasteiger partial charge in [0.1, 0.15) is 0 Å². The number of imide groups is 1. The van der Waals surface area contributed by atoms with Gasteiger partial charge in [-0.1, -0.05) is 43.8 Å². The van der Waals surface area contributed by atoms with Crippen LogP contribution in [0.1, 0.15) is 19.4 Å². The van der Waals surface area contributed by atoms with Gasteiger partial charge in [0.15, 0.2) is 0 Å². The van der Waals surface area contributed by atoms with Gasteiger partial charge >= 0.3 is 6.03 Å². The molecule has 2 rings (SSSR count). The number of amides is 3. The number of benzene rings is 1. The number of thioether (sulfide) groups is 1. The van der Waals surface area contributed by atoms with Crippen LogP contribution in [0.25, 0.3) is 10.9 Å². The van der Waals surface area contributed by atoms with E-state index in [2.05, 4.69) is 10.3 Å². The number of primary amides is 1. The molecule has 0 aliphatic carbocycles. The molecule has 1 aromatic heterocycles. The Morgan fingerprint density at radius 3 is 2.59 bits per heavy atom. The number of hydrogen-bond acceptors (Lipinski definition) is 4. The summed E-state index contributed by atoms with van der Waals surface area (Å²) < 4.78 is 0. The highest BCUT2D eigenvalue weighted by atomic mass is 32.2. The van der Waals surface area contributed by atoms with E-state index in [1.807, 2.05) is 51.1 Å². The predicted molar refractivity (Wildman–Crippen MR) is 88.7 cm³/mol. The minimum atomic E-state index is -0.834. The first-order chi connectivity index (χ1) is 10.4. The second-order valence-corrected chi connectivity index (χ2v) is 6.59. The Bertz CT molecular complexity index is 716. The van der Waals surface area contributed by atoms with Gasteiger partial charge in [-0.3, -0.25) is 10.1 Å². The van der Waals surface area contributed by atoms with Crippen LogP contribution in [-0.2, 0) is 4.79 Å². The highest BCUT2D eigenvalue weighted by Gasteiger charge is 2.25. The summed E-state index contributed by atoms with van der Waals surface area (Å²) in [5.41, 5.74) is 7.02. The average Bonchev–Trinajstić information content (AvgIpc) is 2.43. The van der Waals surface area contributed by atoms with Crippen LogP contribution in [0.3, 0.4) is 0 Å². The molecule has 0 saturated carbocycles. The van der Waals surface area contributed by atoms with Crippen molar-refractivity contribution < 1.29 is 9.59 Å². The quantitative estimate of drug-likeness (QED) is 0.849. The van der Waals surface area contributed by atoms with Crippen molar-refractivity contribution in [2.75, 3.05) is 0 Å². The maximum Gasteiger partial charge on any atom is 0.318 e. The molecule has 3 amide bonds. The van der Waals surface area contributed by atoms with Crippen molar-refractivity contribution in [3.8, 4) is 0 Å². The second-order valence-electron chi connectivity index (χ2n) is 5.43. The minimum absolute atomic E-state index is 0.0397. The SMILES string of the molecule is Cc1cc(SC(C(=O)NC(N)=O)C(C)C)nc2ccccc12. The molecule has 0 aliphatic rings. The normalized spacial score (nSPS) is 12.4. The van der Waals surface area contributed by atoms with Crippen molar-refractivity contribution in [2.45, 2.75) is 31.0 Å². The highest BCUT2D eigenvalue weighted by molar-refractivity contribution is 8.00. The van der Waals surface area contributed by atoms with Crippen LogP contribution >= 0.6 is 11.8 Å². The Morgan fingerprint density at radius 1 is 1.27 bits per heavy atom. The van der Waals surface area contributed by atoms with Crippen LogP contribution in [0.4, 0.5) is 4.79 Å². The molecule has 5 nitrogen and oxygen atoms in total. The first-order valence-corrected chi connectivity index (χ1v) is 7.90. The van der Waals surface area contributed by atoms with Crippen LogP contribution in [-0.4, -0.2) is 22.2 Å². The molecule has 1 unspecified atom stereocenters.